The largest absolute Gasteiger partial charge is 0.444 e. The van der Waals surface area contributed by atoms with Crippen LogP contribution in [-0.4, -0.2) is 26.4 Å². The zero-order chi connectivity index (χ0) is 16.9. The lowest BCUT2D eigenvalue weighted by Gasteiger charge is -2.24. The third kappa shape index (κ3) is 4.33. The molecule has 0 aliphatic heterocycles. The molecule has 24 heavy (non-hydrogen) atoms. The summed E-state index contributed by atoms with van der Waals surface area (Å²) in [5.74, 6) is 0.646. The first-order valence-corrected chi connectivity index (χ1v) is 10.6. The number of rotatable bonds is 6. The van der Waals surface area contributed by atoms with E-state index in [-0.39, 0.29) is 17.7 Å². The maximum absolute atomic E-state index is 12.5. The van der Waals surface area contributed by atoms with Gasteiger partial charge in [0.05, 0.1) is 16.3 Å². The van der Waals surface area contributed by atoms with Crippen molar-refractivity contribution in [2.45, 2.75) is 56.1 Å². The van der Waals surface area contributed by atoms with Crippen LogP contribution >= 0.6 is 11.3 Å². The Kier molecular flexibility index (Phi) is 5.84. The first-order chi connectivity index (χ1) is 11.6. The van der Waals surface area contributed by atoms with Crippen LogP contribution < -0.4 is 5.32 Å². The van der Waals surface area contributed by atoms with Crippen molar-refractivity contribution >= 4 is 28.0 Å². The number of carbonyl (C=O) groups excluding carboxylic acids is 1. The van der Waals surface area contributed by atoms with E-state index in [1.54, 1.807) is 18.3 Å². The van der Waals surface area contributed by atoms with Gasteiger partial charge >= 0.3 is 0 Å². The Hall–Kier alpha value is -1.47. The van der Waals surface area contributed by atoms with Crippen LogP contribution in [-0.2, 0) is 21.3 Å². The van der Waals surface area contributed by atoms with Crippen molar-refractivity contribution in [2.75, 3.05) is 0 Å². The van der Waals surface area contributed by atoms with E-state index >= 15 is 0 Å². The maximum atomic E-state index is 12.5. The summed E-state index contributed by atoms with van der Waals surface area (Å²) in [6.07, 6.45) is 7.14. The summed E-state index contributed by atoms with van der Waals surface area (Å²) in [5.41, 5.74) is 0.619. The van der Waals surface area contributed by atoms with E-state index in [4.69, 9.17) is 4.42 Å². The molecule has 5 nitrogen and oxygen atoms in total. The van der Waals surface area contributed by atoms with E-state index in [1.165, 1.54) is 12.7 Å². The molecule has 1 aliphatic rings. The lowest BCUT2D eigenvalue weighted by Crippen LogP contribution is -2.42. The highest BCUT2D eigenvalue weighted by atomic mass is 32.2. The molecule has 2 aromatic heterocycles. The number of hydrogen-bond acceptors (Lipinski definition) is 5. The SMILES string of the molecule is CC(C(=O)NC1CCCCC1)S(=O)Cc1coc(-c2cccs2)n1. The monoisotopic (exact) mass is 366 g/mol. The predicted molar refractivity (Wildman–Crippen MR) is 96.1 cm³/mol. The summed E-state index contributed by atoms with van der Waals surface area (Å²) in [5, 5.41) is 4.44. The zero-order valence-corrected chi connectivity index (χ0v) is 15.3. The summed E-state index contributed by atoms with van der Waals surface area (Å²) in [6.45, 7) is 1.72. The molecular weight excluding hydrogens is 344 g/mol. The standard InChI is InChI=1S/C17H22N2O3S2/c1-12(16(20)18-13-6-3-2-4-7-13)24(21)11-14-10-22-17(19-14)15-8-5-9-23-15/h5,8-10,12-13H,2-4,6-7,11H2,1H3,(H,18,20). The molecule has 0 aromatic carbocycles. The van der Waals surface area contributed by atoms with E-state index in [0.717, 1.165) is 30.6 Å². The molecule has 1 aliphatic carbocycles. The highest BCUT2D eigenvalue weighted by Crippen LogP contribution is 2.24. The van der Waals surface area contributed by atoms with Crippen LogP contribution in [0.4, 0.5) is 0 Å². The van der Waals surface area contributed by atoms with Crippen molar-refractivity contribution in [1.29, 1.82) is 0 Å². The molecule has 130 valence electrons. The van der Waals surface area contributed by atoms with Gasteiger partial charge in [-0.05, 0) is 31.2 Å². The number of nitrogens with one attached hydrogen (secondary N) is 1. The average molecular weight is 367 g/mol. The molecule has 0 bridgehead atoms. The first-order valence-electron chi connectivity index (χ1n) is 8.29. The second-order valence-corrected chi connectivity index (χ2v) is 8.84. The Labute approximate surface area is 148 Å². The normalized spacial score (nSPS) is 18.2. The first kappa shape index (κ1) is 17.4. The third-order valence-electron chi connectivity index (χ3n) is 4.29. The molecule has 1 amide bonds. The minimum atomic E-state index is -1.31. The number of nitrogens with zero attached hydrogens (tertiary/aromatic N) is 1. The van der Waals surface area contributed by atoms with Gasteiger partial charge in [0, 0.05) is 16.8 Å². The summed E-state index contributed by atoms with van der Waals surface area (Å²) in [7, 11) is -1.31. The summed E-state index contributed by atoms with van der Waals surface area (Å²) >= 11 is 1.54. The van der Waals surface area contributed by atoms with Gasteiger partial charge in [0.15, 0.2) is 0 Å². The summed E-state index contributed by atoms with van der Waals surface area (Å²) in [6, 6.07) is 4.10. The lowest BCUT2D eigenvalue weighted by atomic mass is 9.95. The molecule has 1 saturated carbocycles. The van der Waals surface area contributed by atoms with E-state index in [9.17, 15) is 9.00 Å². The molecule has 7 heteroatoms. The highest BCUT2D eigenvalue weighted by molar-refractivity contribution is 7.85. The van der Waals surface area contributed by atoms with Gasteiger partial charge in [0.25, 0.3) is 0 Å². The summed E-state index contributed by atoms with van der Waals surface area (Å²) < 4.78 is 17.9. The fourth-order valence-corrected chi connectivity index (χ4v) is 4.48. The molecule has 2 unspecified atom stereocenters. The lowest BCUT2D eigenvalue weighted by molar-refractivity contribution is -0.121. The number of oxazole rings is 1. The molecule has 0 radical (unpaired) electrons. The molecule has 0 saturated heterocycles. The number of thiophene rings is 1. The predicted octanol–water partition coefficient (Wildman–Crippen LogP) is 3.49. The molecule has 2 heterocycles. The van der Waals surface area contributed by atoms with E-state index in [2.05, 4.69) is 10.3 Å². The Balaban J connectivity index is 1.54. The zero-order valence-electron chi connectivity index (χ0n) is 13.7. The maximum Gasteiger partial charge on any atom is 0.236 e. The van der Waals surface area contributed by atoms with Crippen LogP contribution in [0.25, 0.3) is 10.8 Å². The Bertz CT molecular complexity index is 691. The number of hydrogen-bond donors (Lipinski definition) is 1. The van der Waals surface area contributed by atoms with Gasteiger partial charge in [-0.25, -0.2) is 4.98 Å². The summed E-state index contributed by atoms with van der Waals surface area (Å²) in [4.78, 5) is 17.6. The van der Waals surface area contributed by atoms with Crippen LogP contribution in [0.2, 0.25) is 0 Å². The highest BCUT2D eigenvalue weighted by Gasteiger charge is 2.24. The van der Waals surface area contributed by atoms with E-state index in [0.29, 0.717) is 11.6 Å². The van der Waals surface area contributed by atoms with Crippen molar-refractivity contribution in [3.8, 4) is 10.8 Å². The van der Waals surface area contributed by atoms with E-state index in [1.807, 2.05) is 17.5 Å². The minimum absolute atomic E-state index is 0.123. The Morgan fingerprint density at radius 2 is 2.25 bits per heavy atom. The molecular formula is C17H22N2O3S2. The van der Waals surface area contributed by atoms with Gasteiger partial charge < -0.3 is 9.73 Å². The molecule has 0 spiro atoms. The van der Waals surface area contributed by atoms with Gasteiger partial charge in [-0.1, -0.05) is 25.3 Å². The molecule has 3 rings (SSSR count). The topological polar surface area (TPSA) is 72.2 Å². The van der Waals surface area contributed by atoms with Crippen molar-refractivity contribution in [1.82, 2.24) is 10.3 Å². The van der Waals surface area contributed by atoms with Gasteiger partial charge in [0.2, 0.25) is 11.8 Å². The van der Waals surface area contributed by atoms with Crippen molar-refractivity contribution < 1.29 is 13.4 Å². The Morgan fingerprint density at radius 1 is 1.46 bits per heavy atom. The van der Waals surface area contributed by atoms with Gasteiger partial charge in [0.1, 0.15) is 11.5 Å². The van der Waals surface area contributed by atoms with Crippen molar-refractivity contribution in [3.63, 3.8) is 0 Å². The van der Waals surface area contributed by atoms with Crippen LogP contribution in [0.5, 0.6) is 0 Å². The van der Waals surface area contributed by atoms with Crippen LogP contribution in [0.15, 0.2) is 28.2 Å². The molecule has 1 N–H and O–H groups in total. The molecule has 1 fully saturated rings. The number of carbonyl (C=O) groups is 1. The Morgan fingerprint density at radius 3 is 2.96 bits per heavy atom. The van der Waals surface area contributed by atoms with Crippen LogP contribution in [0.3, 0.4) is 0 Å². The number of aromatic nitrogens is 1. The van der Waals surface area contributed by atoms with Gasteiger partial charge in [-0.15, -0.1) is 11.3 Å². The molecule has 2 atom stereocenters. The second kappa shape index (κ2) is 8.07. The van der Waals surface area contributed by atoms with Crippen LogP contribution in [0, 0.1) is 0 Å². The second-order valence-electron chi connectivity index (χ2n) is 6.13. The minimum Gasteiger partial charge on any atom is -0.444 e. The van der Waals surface area contributed by atoms with Crippen LogP contribution in [0.1, 0.15) is 44.7 Å². The van der Waals surface area contributed by atoms with Gasteiger partial charge in [-0.2, -0.15) is 0 Å². The average Bonchev–Trinajstić information content (AvgIpc) is 3.26. The fraction of sp³-hybridized carbons (Fsp3) is 0.529. The van der Waals surface area contributed by atoms with Crippen molar-refractivity contribution in [3.05, 3.63) is 29.5 Å². The van der Waals surface area contributed by atoms with Gasteiger partial charge in [-0.3, -0.25) is 9.00 Å². The third-order valence-corrected chi connectivity index (χ3v) is 6.73. The fourth-order valence-electron chi connectivity index (χ4n) is 2.84. The smallest absolute Gasteiger partial charge is 0.236 e. The number of amides is 1. The molecule has 2 aromatic rings. The quantitative estimate of drug-likeness (QED) is 0.849. The van der Waals surface area contributed by atoms with Crippen molar-refractivity contribution in [2.24, 2.45) is 0 Å². The van der Waals surface area contributed by atoms with E-state index < -0.39 is 16.0 Å².